The maximum absolute atomic E-state index is 4.81. The van der Waals surface area contributed by atoms with Crippen LogP contribution in [0.2, 0.25) is 0 Å². The maximum atomic E-state index is 4.81. The largest absolute Gasteiger partial charge is 0.357 e. The smallest absolute Gasteiger partial charge is 0.194 e. The summed E-state index contributed by atoms with van der Waals surface area (Å²) in [5.41, 5.74) is 1.28. The van der Waals surface area contributed by atoms with Gasteiger partial charge in [0.2, 0.25) is 0 Å². The molecule has 0 saturated heterocycles. The van der Waals surface area contributed by atoms with Crippen LogP contribution in [0.15, 0.2) is 23.3 Å². The first-order valence-corrected chi connectivity index (χ1v) is 8.72. The van der Waals surface area contributed by atoms with E-state index in [1.807, 2.05) is 0 Å². The molecule has 5 nitrogen and oxygen atoms in total. The first-order valence-electron chi connectivity index (χ1n) is 8.72. The summed E-state index contributed by atoms with van der Waals surface area (Å²) in [4.78, 5) is 9.47. The minimum Gasteiger partial charge on any atom is -0.357 e. The highest BCUT2D eigenvalue weighted by atomic mass is 127. The topological polar surface area (TPSA) is 35.8 Å². The van der Waals surface area contributed by atoms with Crippen LogP contribution in [-0.2, 0) is 13.6 Å². The number of aromatic nitrogens is 1. The van der Waals surface area contributed by atoms with E-state index < -0.39 is 0 Å². The lowest BCUT2D eigenvalue weighted by molar-refractivity contribution is 0.180. The molecule has 0 radical (unpaired) electrons. The van der Waals surface area contributed by atoms with Crippen LogP contribution in [0.3, 0.4) is 0 Å². The van der Waals surface area contributed by atoms with Crippen molar-refractivity contribution in [2.45, 2.75) is 53.2 Å². The third-order valence-electron chi connectivity index (χ3n) is 4.09. The molecular formula is C18H36IN5. The van der Waals surface area contributed by atoms with Gasteiger partial charge < -0.3 is 14.8 Å². The number of guanidine groups is 1. The number of hydrogen-bond acceptors (Lipinski definition) is 2. The highest BCUT2D eigenvalue weighted by Gasteiger charge is 2.13. The monoisotopic (exact) mass is 449 g/mol. The predicted octanol–water partition coefficient (Wildman–Crippen LogP) is 3.16. The molecule has 0 saturated carbocycles. The van der Waals surface area contributed by atoms with Crippen molar-refractivity contribution in [3.05, 3.63) is 24.0 Å². The molecule has 1 aromatic rings. The number of halogens is 1. The van der Waals surface area contributed by atoms with E-state index in [0.717, 1.165) is 32.1 Å². The molecule has 0 bridgehead atoms. The van der Waals surface area contributed by atoms with Gasteiger partial charge >= 0.3 is 0 Å². The zero-order valence-corrected chi connectivity index (χ0v) is 18.7. The lowest BCUT2D eigenvalue weighted by Gasteiger charge is -2.30. The first-order chi connectivity index (χ1) is 10.9. The number of nitrogens with zero attached hydrogens (tertiary/aromatic N) is 4. The van der Waals surface area contributed by atoms with E-state index in [0.29, 0.717) is 12.1 Å². The second-order valence-electron chi connectivity index (χ2n) is 6.63. The summed E-state index contributed by atoms with van der Waals surface area (Å²) in [6, 6.07) is 5.33. The molecule has 6 heteroatoms. The fourth-order valence-corrected chi connectivity index (χ4v) is 2.83. The Morgan fingerprint density at radius 2 is 1.88 bits per heavy atom. The molecule has 0 aromatic carbocycles. The standard InChI is InChI=1S/C18H35N5.HI/c1-8-19-18(20-11-13-23(15(2)3)16(4)5)22(7)14-17-10-9-12-21(17)6;/h9-10,12,15-16H,8,11,13-14H2,1-7H3,(H,19,20);1H. The van der Waals surface area contributed by atoms with Crippen molar-refractivity contribution < 1.29 is 0 Å². The van der Waals surface area contributed by atoms with E-state index in [1.54, 1.807) is 0 Å². The molecule has 0 aliphatic rings. The molecular weight excluding hydrogens is 413 g/mol. The van der Waals surface area contributed by atoms with Gasteiger partial charge in [-0.2, -0.15) is 0 Å². The molecule has 0 unspecified atom stereocenters. The molecule has 1 aromatic heterocycles. The van der Waals surface area contributed by atoms with Gasteiger partial charge in [-0.15, -0.1) is 24.0 Å². The molecule has 1 N–H and O–H groups in total. The van der Waals surface area contributed by atoms with E-state index in [-0.39, 0.29) is 24.0 Å². The van der Waals surface area contributed by atoms with Gasteiger partial charge in [0, 0.05) is 51.2 Å². The average molecular weight is 449 g/mol. The van der Waals surface area contributed by atoms with Gasteiger partial charge in [-0.05, 0) is 46.8 Å². The van der Waals surface area contributed by atoms with Crippen molar-refractivity contribution >= 4 is 29.9 Å². The van der Waals surface area contributed by atoms with Gasteiger partial charge in [0.25, 0.3) is 0 Å². The molecule has 24 heavy (non-hydrogen) atoms. The van der Waals surface area contributed by atoms with Crippen LogP contribution < -0.4 is 5.32 Å². The molecule has 0 aliphatic carbocycles. The zero-order chi connectivity index (χ0) is 17.4. The summed E-state index contributed by atoms with van der Waals surface area (Å²) in [5.74, 6) is 0.973. The van der Waals surface area contributed by atoms with E-state index in [9.17, 15) is 0 Å². The molecule has 0 atom stereocenters. The third-order valence-corrected chi connectivity index (χ3v) is 4.09. The summed E-state index contributed by atoms with van der Waals surface area (Å²) in [6.07, 6.45) is 2.08. The number of aliphatic imine (C=N–C) groups is 1. The predicted molar refractivity (Wildman–Crippen MR) is 115 cm³/mol. The van der Waals surface area contributed by atoms with E-state index >= 15 is 0 Å². The van der Waals surface area contributed by atoms with Crippen molar-refractivity contribution in [2.75, 3.05) is 26.7 Å². The second-order valence-corrected chi connectivity index (χ2v) is 6.63. The summed E-state index contributed by atoms with van der Waals surface area (Å²) < 4.78 is 2.15. The number of aryl methyl sites for hydroxylation is 1. The zero-order valence-electron chi connectivity index (χ0n) is 16.4. The average Bonchev–Trinajstić information content (AvgIpc) is 2.86. The Labute approximate surface area is 165 Å². The van der Waals surface area contributed by atoms with E-state index in [1.165, 1.54) is 5.69 Å². The van der Waals surface area contributed by atoms with Gasteiger partial charge in [-0.3, -0.25) is 9.89 Å². The van der Waals surface area contributed by atoms with Crippen molar-refractivity contribution in [3.63, 3.8) is 0 Å². The quantitative estimate of drug-likeness (QED) is 0.376. The first kappa shape index (κ1) is 23.2. The molecule has 1 rings (SSSR count). The molecule has 0 spiro atoms. The van der Waals surface area contributed by atoms with Crippen LogP contribution in [0.25, 0.3) is 0 Å². The minimum absolute atomic E-state index is 0. The minimum atomic E-state index is 0. The summed E-state index contributed by atoms with van der Waals surface area (Å²) >= 11 is 0. The molecule has 0 amide bonds. The molecule has 140 valence electrons. The molecule has 1 heterocycles. The van der Waals surface area contributed by atoms with Crippen molar-refractivity contribution in [2.24, 2.45) is 12.0 Å². The van der Waals surface area contributed by atoms with Crippen LogP contribution in [0.4, 0.5) is 0 Å². The fraction of sp³-hybridized carbons (Fsp3) is 0.722. The van der Waals surface area contributed by atoms with Crippen LogP contribution in [0.5, 0.6) is 0 Å². The Morgan fingerprint density at radius 3 is 2.33 bits per heavy atom. The van der Waals surface area contributed by atoms with Gasteiger partial charge in [0.15, 0.2) is 5.96 Å². The van der Waals surface area contributed by atoms with Crippen LogP contribution in [-0.4, -0.2) is 59.1 Å². The van der Waals surface area contributed by atoms with Crippen molar-refractivity contribution in [3.8, 4) is 0 Å². The lowest BCUT2D eigenvalue weighted by Crippen LogP contribution is -2.41. The number of nitrogens with one attached hydrogen (secondary N) is 1. The van der Waals surface area contributed by atoms with Gasteiger partial charge in [-0.25, -0.2) is 0 Å². The van der Waals surface area contributed by atoms with Gasteiger partial charge in [0.05, 0.1) is 13.1 Å². The van der Waals surface area contributed by atoms with Crippen LogP contribution in [0, 0.1) is 0 Å². The second kappa shape index (κ2) is 11.7. The Morgan fingerprint density at radius 1 is 1.25 bits per heavy atom. The van der Waals surface area contributed by atoms with Crippen molar-refractivity contribution in [1.29, 1.82) is 0 Å². The molecule has 0 fully saturated rings. The maximum Gasteiger partial charge on any atom is 0.194 e. The Hall–Kier alpha value is -0.760. The van der Waals surface area contributed by atoms with Gasteiger partial charge in [-0.1, -0.05) is 0 Å². The van der Waals surface area contributed by atoms with Crippen LogP contribution in [0.1, 0.15) is 40.3 Å². The highest BCUT2D eigenvalue weighted by Crippen LogP contribution is 2.06. The SMILES string of the molecule is CCNC(=NCCN(C(C)C)C(C)C)N(C)Cc1cccn1C.I. The van der Waals surface area contributed by atoms with Gasteiger partial charge in [0.1, 0.15) is 0 Å². The Kier molecular flexibility index (Phi) is 11.4. The summed E-state index contributed by atoms with van der Waals surface area (Å²) in [7, 11) is 4.17. The summed E-state index contributed by atoms with van der Waals surface area (Å²) in [6.45, 7) is 14.6. The summed E-state index contributed by atoms with van der Waals surface area (Å²) in [5, 5.41) is 3.39. The Bertz CT molecular complexity index is 474. The Balaban J connectivity index is 0.00000529. The fourth-order valence-electron chi connectivity index (χ4n) is 2.83. The van der Waals surface area contributed by atoms with E-state index in [2.05, 4.69) is 86.7 Å². The normalized spacial score (nSPS) is 12.0. The van der Waals surface area contributed by atoms with Crippen molar-refractivity contribution in [1.82, 2.24) is 19.7 Å². The number of hydrogen-bond donors (Lipinski definition) is 1. The highest BCUT2D eigenvalue weighted by molar-refractivity contribution is 14.0. The number of rotatable bonds is 8. The lowest BCUT2D eigenvalue weighted by atomic mass is 10.2. The third kappa shape index (κ3) is 7.42. The van der Waals surface area contributed by atoms with Crippen LogP contribution >= 0.6 is 24.0 Å². The molecule has 0 aliphatic heterocycles. The van der Waals surface area contributed by atoms with E-state index in [4.69, 9.17) is 4.99 Å².